The topological polar surface area (TPSA) is 86.1 Å². The van der Waals surface area contributed by atoms with Crippen molar-refractivity contribution < 1.29 is 13.2 Å². The van der Waals surface area contributed by atoms with Crippen LogP contribution in [-0.2, 0) is 10.0 Å². The van der Waals surface area contributed by atoms with Crippen LogP contribution in [-0.4, -0.2) is 30.3 Å². The third kappa shape index (κ3) is 4.13. The summed E-state index contributed by atoms with van der Waals surface area (Å²) in [4.78, 5) is 3.78. The van der Waals surface area contributed by atoms with Gasteiger partial charge >= 0.3 is 0 Å². The first-order chi connectivity index (χ1) is 13.2. The minimum Gasteiger partial charge on any atom is -0.480 e. The Morgan fingerprint density at radius 2 is 1.86 bits per heavy atom. The Morgan fingerprint density at radius 1 is 1.18 bits per heavy atom. The summed E-state index contributed by atoms with van der Waals surface area (Å²) in [6.45, 7) is 5.96. The maximum atomic E-state index is 13.0. The first-order valence-electron chi connectivity index (χ1n) is 8.60. The van der Waals surface area contributed by atoms with Crippen molar-refractivity contribution in [3.8, 4) is 11.6 Å². The number of methoxy groups -OCH3 is 1. The lowest BCUT2D eigenvalue weighted by atomic mass is 10.1. The van der Waals surface area contributed by atoms with Crippen LogP contribution < -0.4 is 9.46 Å². The summed E-state index contributed by atoms with van der Waals surface area (Å²) in [7, 11) is -2.66. The minimum atomic E-state index is -4.01. The zero-order valence-corrected chi connectivity index (χ0v) is 17.5. The monoisotopic (exact) mass is 420 g/mol. The van der Waals surface area contributed by atoms with E-state index >= 15 is 0 Å². The zero-order valence-electron chi connectivity index (χ0n) is 16.0. The Balaban J connectivity index is 2.08. The molecular formula is C19H21ClN4O3S. The second-order valence-corrected chi connectivity index (χ2v) is 8.71. The predicted octanol–water partition coefficient (Wildman–Crippen LogP) is 4.16. The van der Waals surface area contributed by atoms with Gasteiger partial charge < -0.3 is 4.74 Å². The van der Waals surface area contributed by atoms with Crippen LogP contribution in [0.5, 0.6) is 5.88 Å². The molecule has 3 aromatic rings. The third-order valence-electron chi connectivity index (χ3n) is 4.11. The van der Waals surface area contributed by atoms with Crippen molar-refractivity contribution in [1.82, 2.24) is 14.8 Å². The van der Waals surface area contributed by atoms with E-state index in [0.717, 1.165) is 16.9 Å². The highest BCUT2D eigenvalue weighted by Crippen LogP contribution is 2.28. The summed E-state index contributed by atoms with van der Waals surface area (Å²) in [5.74, 6) is 0.397. The lowest BCUT2D eigenvalue weighted by Crippen LogP contribution is -2.17. The van der Waals surface area contributed by atoms with Crippen molar-refractivity contribution in [3.05, 3.63) is 58.9 Å². The van der Waals surface area contributed by atoms with Gasteiger partial charge in [0.05, 0.1) is 23.5 Å². The lowest BCUT2D eigenvalue weighted by Gasteiger charge is -2.12. The van der Waals surface area contributed by atoms with E-state index in [0.29, 0.717) is 5.82 Å². The van der Waals surface area contributed by atoms with E-state index in [2.05, 4.69) is 14.8 Å². The van der Waals surface area contributed by atoms with Crippen LogP contribution in [0.4, 0.5) is 5.82 Å². The molecule has 2 aromatic heterocycles. The summed E-state index contributed by atoms with van der Waals surface area (Å²) in [6, 6.07) is 10.7. The molecule has 0 aliphatic heterocycles. The van der Waals surface area contributed by atoms with Gasteiger partial charge in [-0.2, -0.15) is 5.10 Å². The van der Waals surface area contributed by atoms with E-state index in [4.69, 9.17) is 16.3 Å². The van der Waals surface area contributed by atoms with Gasteiger partial charge in [0.2, 0.25) is 5.88 Å². The van der Waals surface area contributed by atoms with Crippen molar-refractivity contribution in [1.29, 1.82) is 0 Å². The molecule has 0 aliphatic carbocycles. The fourth-order valence-electron chi connectivity index (χ4n) is 2.58. The molecule has 0 radical (unpaired) electrons. The minimum absolute atomic E-state index is 0.0395. The zero-order chi connectivity index (χ0) is 20.5. The molecule has 0 aliphatic rings. The summed E-state index contributed by atoms with van der Waals surface area (Å²) in [5, 5.41) is 4.76. The quantitative estimate of drug-likeness (QED) is 0.647. The molecule has 9 heteroatoms. The normalized spacial score (nSPS) is 11.6. The molecule has 0 spiro atoms. The van der Waals surface area contributed by atoms with Crippen molar-refractivity contribution in [2.24, 2.45) is 0 Å². The molecule has 28 heavy (non-hydrogen) atoms. The predicted molar refractivity (Wildman–Crippen MR) is 109 cm³/mol. The number of aryl methyl sites for hydroxylation is 1. The van der Waals surface area contributed by atoms with E-state index in [-0.39, 0.29) is 21.7 Å². The molecular weight excluding hydrogens is 400 g/mol. The highest BCUT2D eigenvalue weighted by molar-refractivity contribution is 7.92. The first-order valence-corrected chi connectivity index (χ1v) is 10.5. The molecule has 0 unspecified atom stereocenters. The lowest BCUT2D eigenvalue weighted by molar-refractivity contribution is 0.385. The van der Waals surface area contributed by atoms with Crippen molar-refractivity contribution in [2.45, 2.75) is 31.6 Å². The van der Waals surface area contributed by atoms with Gasteiger partial charge in [-0.1, -0.05) is 43.1 Å². The number of ether oxygens (including phenoxy) is 1. The average Bonchev–Trinajstić information content (AvgIpc) is 3.06. The SMILES string of the molecule is COc1ncc(Cl)cc1S(=O)(=O)Nc1cc(C(C)C)nn1-c1ccc(C)cc1. The van der Waals surface area contributed by atoms with Gasteiger partial charge in [0.15, 0.2) is 4.90 Å². The number of benzene rings is 1. The van der Waals surface area contributed by atoms with Gasteiger partial charge in [-0.05, 0) is 31.0 Å². The van der Waals surface area contributed by atoms with Crippen LogP contribution in [0.1, 0.15) is 31.0 Å². The van der Waals surface area contributed by atoms with Crippen LogP contribution >= 0.6 is 11.6 Å². The van der Waals surface area contributed by atoms with E-state index in [1.165, 1.54) is 19.4 Å². The molecule has 0 bridgehead atoms. The molecule has 1 N–H and O–H groups in total. The number of sulfonamides is 1. The molecule has 3 rings (SSSR count). The molecule has 7 nitrogen and oxygen atoms in total. The van der Waals surface area contributed by atoms with Crippen molar-refractivity contribution in [3.63, 3.8) is 0 Å². The Kier molecular flexibility index (Phi) is 5.62. The summed E-state index contributed by atoms with van der Waals surface area (Å²) in [5.41, 5.74) is 2.60. The van der Waals surface area contributed by atoms with E-state index in [1.54, 1.807) is 10.7 Å². The molecule has 148 valence electrons. The fourth-order valence-corrected chi connectivity index (χ4v) is 3.98. The molecule has 2 heterocycles. The maximum Gasteiger partial charge on any atom is 0.268 e. The fraction of sp³-hybridized carbons (Fsp3) is 0.263. The number of nitrogens with zero attached hydrogens (tertiary/aromatic N) is 3. The van der Waals surface area contributed by atoms with Crippen LogP contribution in [0.15, 0.2) is 47.5 Å². The second kappa shape index (κ2) is 7.81. The summed E-state index contributed by atoms with van der Waals surface area (Å²) in [6.07, 6.45) is 1.33. The first kappa shape index (κ1) is 20.2. The molecule has 0 amide bonds. The van der Waals surface area contributed by atoms with Gasteiger partial charge in [-0.25, -0.2) is 18.1 Å². The Hall–Kier alpha value is -2.58. The van der Waals surface area contributed by atoms with Crippen LogP contribution in [0.3, 0.4) is 0 Å². The standard InChI is InChI=1S/C19H21ClN4O3S/c1-12(2)16-10-18(24(22-16)15-7-5-13(3)6-8-15)23-28(25,26)17-9-14(20)11-21-19(17)27-4/h5-12,23H,1-4H3. The van der Waals surface area contributed by atoms with E-state index in [9.17, 15) is 8.42 Å². The van der Waals surface area contributed by atoms with Gasteiger partial charge in [-0.3, -0.25) is 4.72 Å². The summed E-state index contributed by atoms with van der Waals surface area (Å²) < 4.78 is 35.3. The third-order valence-corrected chi connectivity index (χ3v) is 5.66. The smallest absolute Gasteiger partial charge is 0.268 e. The second-order valence-electron chi connectivity index (χ2n) is 6.62. The van der Waals surface area contributed by atoms with Gasteiger partial charge in [0, 0.05) is 12.3 Å². The number of nitrogens with one attached hydrogen (secondary N) is 1. The molecule has 0 fully saturated rings. The highest BCUT2D eigenvalue weighted by atomic mass is 35.5. The largest absolute Gasteiger partial charge is 0.480 e. The highest BCUT2D eigenvalue weighted by Gasteiger charge is 2.24. The molecule has 0 atom stereocenters. The summed E-state index contributed by atoms with van der Waals surface area (Å²) >= 11 is 5.94. The number of aromatic nitrogens is 3. The molecule has 1 aromatic carbocycles. The number of hydrogen-bond donors (Lipinski definition) is 1. The number of anilines is 1. The van der Waals surface area contributed by atoms with E-state index in [1.807, 2.05) is 45.0 Å². The average molecular weight is 421 g/mol. The van der Waals surface area contributed by atoms with E-state index < -0.39 is 10.0 Å². The number of rotatable bonds is 6. The van der Waals surface area contributed by atoms with Crippen LogP contribution in [0, 0.1) is 6.92 Å². The van der Waals surface area contributed by atoms with Gasteiger partial charge in [0.1, 0.15) is 5.82 Å². The Morgan fingerprint density at radius 3 is 2.46 bits per heavy atom. The van der Waals surface area contributed by atoms with Gasteiger partial charge in [0.25, 0.3) is 10.0 Å². The number of pyridine rings is 1. The van der Waals surface area contributed by atoms with Crippen molar-refractivity contribution in [2.75, 3.05) is 11.8 Å². The number of halogens is 1. The van der Waals surface area contributed by atoms with Crippen LogP contribution in [0.25, 0.3) is 5.69 Å². The maximum absolute atomic E-state index is 13.0. The Bertz CT molecular complexity index is 1090. The Labute approximate surface area is 169 Å². The number of hydrogen-bond acceptors (Lipinski definition) is 5. The van der Waals surface area contributed by atoms with Gasteiger partial charge in [-0.15, -0.1) is 0 Å². The van der Waals surface area contributed by atoms with Crippen LogP contribution in [0.2, 0.25) is 5.02 Å². The molecule has 0 saturated heterocycles. The molecule has 0 saturated carbocycles. The van der Waals surface area contributed by atoms with Crippen molar-refractivity contribution >= 4 is 27.4 Å².